The molecule has 2 N–H and O–H groups in total. The van der Waals surface area contributed by atoms with E-state index in [4.69, 9.17) is 4.74 Å². The average molecular weight is 490 g/mol. The largest absolute Gasteiger partial charge is 0.495 e. The standard InChI is InChI=1S/C29H32FN3O3/c1-36-27-10-3-2-9-24(27)31-29(35)32-15-4-5-16-33-25(18-32)28(26(33)19-34)21-13-11-20(12-14-21)22-7-6-8-23(30)17-22/h2-3,6-14,17,25-26,28,34H,4-5,15-16,18-19H2,1H3,(H,31,35)/t25-,26-,28+/m0/s1. The van der Waals surface area contributed by atoms with E-state index in [0.717, 1.165) is 36.1 Å². The van der Waals surface area contributed by atoms with Gasteiger partial charge in [-0.3, -0.25) is 4.90 Å². The third-order valence-corrected chi connectivity index (χ3v) is 7.46. The molecule has 2 fully saturated rings. The third kappa shape index (κ3) is 4.81. The van der Waals surface area contributed by atoms with Crippen LogP contribution in [0.5, 0.6) is 5.75 Å². The Kier molecular flexibility index (Phi) is 7.20. The lowest BCUT2D eigenvalue weighted by Crippen LogP contribution is -2.68. The van der Waals surface area contributed by atoms with Crippen LogP contribution in [-0.2, 0) is 0 Å². The first-order valence-corrected chi connectivity index (χ1v) is 12.5. The Labute approximate surface area is 211 Å². The molecule has 0 unspecified atom stereocenters. The number of ether oxygens (including phenoxy) is 1. The highest BCUT2D eigenvalue weighted by Crippen LogP contribution is 2.42. The van der Waals surface area contributed by atoms with Gasteiger partial charge in [-0.15, -0.1) is 0 Å². The van der Waals surface area contributed by atoms with Crippen LogP contribution in [0.4, 0.5) is 14.9 Å². The summed E-state index contributed by atoms with van der Waals surface area (Å²) in [5.41, 5.74) is 3.56. The van der Waals surface area contributed by atoms with Crippen molar-refractivity contribution in [2.75, 3.05) is 38.7 Å². The van der Waals surface area contributed by atoms with Gasteiger partial charge in [-0.05, 0) is 60.3 Å². The van der Waals surface area contributed by atoms with Gasteiger partial charge in [-0.2, -0.15) is 0 Å². The molecule has 0 bridgehead atoms. The van der Waals surface area contributed by atoms with Crippen molar-refractivity contribution in [3.05, 3.63) is 84.2 Å². The molecule has 0 saturated carbocycles. The van der Waals surface area contributed by atoms with Gasteiger partial charge in [0.15, 0.2) is 0 Å². The molecule has 3 aromatic carbocycles. The lowest BCUT2D eigenvalue weighted by molar-refractivity contribution is -0.0585. The van der Waals surface area contributed by atoms with Crippen molar-refractivity contribution in [2.24, 2.45) is 0 Å². The first-order chi connectivity index (χ1) is 17.6. The van der Waals surface area contributed by atoms with E-state index in [9.17, 15) is 14.3 Å². The summed E-state index contributed by atoms with van der Waals surface area (Å²) in [5, 5.41) is 13.2. The molecule has 0 aliphatic carbocycles. The van der Waals surface area contributed by atoms with Crippen LogP contribution in [0.15, 0.2) is 72.8 Å². The maximum Gasteiger partial charge on any atom is 0.322 e. The minimum atomic E-state index is -0.257. The summed E-state index contributed by atoms with van der Waals surface area (Å²) in [6.45, 7) is 2.24. The minimum Gasteiger partial charge on any atom is -0.495 e. The first kappa shape index (κ1) is 24.3. The molecule has 188 valence electrons. The van der Waals surface area contributed by atoms with Gasteiger partial charge >= 0.3 is 6.03 Å². The van der Waals surface area contributed by atoms with Crippen LogP contribution in [0.3, 0.4) is 0 Å². The van der Waals surface area contributed by atoms with Gasteiger partial charge in [0.25, 0.3) is 0 Å². The van der Waals surface area contributed by atoms with Crippen LogP contribution < -0.4 is 10.1 Å². The summed E-state index contributed by atoms with van der Waals surface area (Å²) in [5.74, 6) is 0.476. The lowest BCUT2D eigenvalue weighted by Gasteiger charge is -2.57. The number of rotatable bonds is 5. The van der Waals surface area contributed by atoms with Crippen molar-refractivity contribution in [1.82, 2.24) is 9.80 Å². The maximum absolute atomic E-state index is 13.7. The van der Waals surface area contributed by atoms with Gasteiger partial charge in [-0.1, -0.05) is 48.5 Å². The van der Waals surface area contributed by atoms with Gasteiger partial charge < -0.3 is 20.1 Å². The van der Waals surface area contributed by atoms with E-state index in [2.05, 4.69) is 22.3 Å². The summed E-state index contributed by atoms with van der Waals surface area (Å²) in [6.07, 6.45) is 1.88. The van der Waals surface area contributed by atoms with Crippen LogP contribution in [0.25, 0.3) is 11.1 Å². The Bertz CT molecular complexity index is 1200. The highest BCUT2D eigenvalue weighted by Gasteiger charge is 2.49. The zero-order valence-electron chi connectivity index (χ0n) is 20.4. The number of benzene rings is 3. The number of urea groups is 1. The zero-order valence-corrected chi connectivity index (χ0v) is 20.4. The SMILES string of the molecule is COc1ccccc1NC(=O)N1CCCCN2[C@@H](CO)[C@H](c3ccc(-c4cccc(F)c4)cc3)[C@@H]2C1. The highest BCUT2D eigenvalue weighted by atomic mass is 19.1. The number of carbonyl (C=O) groups excluding carboxylic acids is 1. The molecule has 36 heavy (non-hydrogen) atoms. The lowest BCUT2D eigenvalue weighted by atomic mass is 9.74. The van der Waals surface area contributed by atoms with Crippen LogP contribution in [0.1, 0.15) is 24.3 Å². The fourth-order valence-corrected chi connectivity index (χ4v) is 5.63. The number of aliphatic hydroxyl groups is 1. The monoisotopic (exact) mass is 489 g/mol. The summed E-state index contributed by atoms with van der Waals surface area (Å²) >= 11 is 0. The predicted octanol–water partition coefficient (Wildman–Crippen LogP) is 4.96. The number of nitrogens with zero attached hydrogens (tertiary/aromatic N) is 2. The number of carbonyl (C=O) groups is 1. The van der Waals surface area contributed by atoms with E-state index in [-0.39, 0.29) is 36.5 Å². The van der Waals surface area contributed by atoms with E-state index in [1.165, 1.54) is 12.1 Å². The van der Waals surface area contributed by atoms with E-state index in [1.54, 1.807) is 13.2 Å². The molecule has 3 atom stereocenters. The molecule has 6 nitrogen and oxygen atoms in total. The second-order valence-corrected chi connectivity index (χ2v) is 9.50. The zero-order chi connectivity index (χ0) is 25.1. The second kappa shape index (κ2) is 10.7. The number of aliphatic hydroxyl groups excluding tert-OH is 1. The summed E-state index contributed by atoms with van der Waals surface area (Å²) < 4.78 is 19.1. The molecular weight excluding hydrogens is 457 g/mol. The molecule has 7 heteroatoms. The summed E-state index contributed by atoms with van der Waals surface area (Å²) in [6, 6.07) is 22.1. The van der Waals surface area contributed by atoms with Crippen molar-refractivity contribution in [3.63, 3.8) is 0 Å². The minimum absolute atomic E-state index is 0.0206. The van der Waals surface area contributed by atoms with Crippen molar-refractivity contribution in [1.29, 1.82) is 0 Å². The van der Waals surface area contributed by atoms with Gasteiger partial charge in [0.2, 0.25) is 0 Å². The van der Waals surface area contributed by atoms with E-state index in [0.29, 0.717) is 24.5 Å². The molecule has 0 spiro atoms. The predicted molar refractivity (Wildman–Crippen MR) is 139 cm³/mol. The molecule has 0 radical (unpaired) electrons. The molecule has 3 aromatic rings. The number of amides is 2. The van der Waals surface area contributed by atoms with Crippen LogP contribution >= 0.6 is 0 Å². The van der Waals surface area contributed by atoms with Gasteiger partial charge in [-0.25, -0.2) is 9.18 Å². The van der Waals surface area contributed by atoms with Crippen molar-refractivity contribution < 1.29 is 19.0 Å². The Balaban J connectivity index is 1.35. The van der Waals surface area contributed by atoms with E-state index < -0.39 is 0 Å². The van der Waals surface area contributed by atoms with Gasteiger partial charge in [0.05, 0.1) is 19.4 Å². The van der Waals surface area contributed by atoms with Crippen molar-refractivity contribution >= 4 is 11.7 Å². The molecule has 2 amide bonds. The number of methoxy groups -OCH3 is 1. The Hall–Kier alpha value is -3.42. The van der Waals surface area contributed by atoms with Gasteiger partial charge in [0.1, 0.15) is 11.6 Å². The van der Waals surface area contributed by atoms with Gasteiger partial charge in [0, 0.05) is 31.1 Å². The number of halogens is 1. The Morgan fingerprint density at radius 1 is 1.03 bits per heavy atom. The number of nitrogens with one attached hydrogen (secondary N) is 1. The summed E-state index contributed by atoms with van der Waals surface area (Å²) in [7, 11) is 1.59. The average Bonchev–Trinajstić information content (AvgIpc) is 2.88. The second-order valence-electron chi connectivity index (χ2n) is 9.50. The van der Waals surface area contributed by atoms with E-state index in [1.807, 2.05) is 47.4 Å². The molecule has 5 rings (SSSR count). The number of fused-ring (bicyclic) bond motifs is 1. The Morgan fingerprint density at radius 3 is 2.56 bits per heavy atom. The highest BCUT2D eigenvalue weighted by molar-refractivity contribution is 5.91. The quantitative estimate of drug-likeness (QED) is 0.532. The van der Waals surface area contributed by atoms with Crippen LogP contribution in [0.2, 0.25) is 0 Å². The molecule has 0 aromatic heterocycles. The molecule has 2 aliphatic heterocycles. The fraction of sp³-hybridized carbons (Fsp3) is 0.345. The molecular formula is C29H32FN3O3. The number of hydrogen-bond acceptors (Lipinski definition) is 4. The smallest absolute Gasteiger partial charge is 0.322 e. The van der Waals surface area contributed by atoms with E-state index >= 15 is 0 Å². The normalized spacial score (nSPS) is 22.1. The molecule has 2 aliphatic rings. The topological polar surface area (TPSA) is 65.0 Å². The Morgan fingerprint density at radius 2 is 1.81 bits per heavy atom. The van der Waals surface area contributed by atoms with Crippen molar-refractivity contribution in [3.8, 4) is 16.9 Å². The number of para-hydroxylation sites is 2. The van der Waals surface area contributed by atoms with Crippen molar-refractivity contribution in [2.45, 2.75) is 30.8 Å². The summed E-state index contributed by atoms with van der Waals surface area (Å²) in [4.78, 5) is 17.5. The molecule has 2 heterocycles. The fourth-order valence-electron chi connectivity index (χ4n) is 5.63. The van der Waals surface area contributed by atoms with Crippen LogP contribution in [-0.4, -0.2) is 66.4 Å². The third-order valence-electron chi connectivity index (χ3n) is 7.46. The number of anilines is 1. The number of hydrogen-bond donors (Lipinski definition) is 2. The maximum atomic E-state index is 13.7. The molecule has 2 saturated heterocycles. The first-order valence-electron chi connectivity index (χ1n) is 12.5. The van der Waals surface area contributed by atoms with Crippen LogP contribution in [0, 0.1) is 5.82 Å².